The van der Waals surface area contributed by atoms with Crippen molar-refractivity contribution in [1.29, 1.82) is 0 Å². The van der Waals surface area contributed by atoms with E-state index in [1.54, 1.807) is 21.0 Å². The summed E-state index contributed by atoms with van der Waals surface area (Å²) in [7, 11) is 5.48. The average Bonchev–Trinajstić information content (AvgIpc) is 2.73. The minimum Gasteiger partial charge on any atom is -0.390 e. The highest BCUT2D eigenvalue weighted by Crippen LogP contribution is 2.20. The predicted octanol–water partition coefficient (Wildman–Crippen LogP) is 0.0622. The Morgan fingerprint density at radius 3 is 2.48 bits per heavy atom. The van der Waals surface area contributed by atoms with Crippen LogP contribution < -0.4 is 0 Å². The molecule has 23 heavy (non-hydrogen) atoms. The summed E-state index contributed by atoms with van der Waals surface area (Å²) >= 11 is 6.14. The van der Waals surface area contributed by atoms with Gasteiger partial charge in [-0.25, -0.2) is 0 Å². The van der Waals surface area contributed by atoms with E-state index in [4.69, 9.17) is 11.6 Å². The minimum atomic E-state index is -0.580. The van der Waals surface area contributed by atoms with Crippen LogP contribution in [0.5, 0.6) is 0 Å². The number of amides is 1. The number of carbonyl (C=O) groups excluding carboxylic acids is 1. The van der Waals surface area contributed by atoms with E-state index in [0.717, 1.165) is 26.2 Å². The first-order valence-corrected chi connectivity index (χ1v) is 8.21. The molecule has 2 rings (SSSR count). The van der Waals surface area contributed by atoms with Gasteiger partial charge in [0, 0.05) is 53.4 Å². The Morgan fingerprint density at radius 1 is 1.35 bits per heavy atom. The Kier molecular flexibility index (Phi) is 6.02. The monoisotopic (exact) mass is 343 g/mol. The van der Waals surface area contributed by atoms with Crippen LogP contribution in [0.1, 0.15) is 16.1 Å². The molecule has 1 fully saturated rings. The summed E-state index contributed by atoms with van der Waals surface area (Å²) in [5.74, 6) is -0.210. The Morgan fingerprint density at radius 2 is 1.96 bits per heavy atom. The Balaban J connectivity index is 1.90. The van der Waals surface area contributed by atoms with Crippen LogP contribution in [0.2, 0.25) is 5.15 Å². The summed E-state index contributed by atoms with van der Waals surface area (Å²) < 4.78 is 1.48. The number of carbonyl (C=O) groups is 1. The lowest BCUT2D eigenvalue weighted by Crippen LogP contribution is -2.49. The van der Waals surface area contributed by atoms with Crippen molar-refractivity contribution in [2.24, 2.45) is 7.05 Å². The number of likely N-dealkylation sites (N-methyl/N-ethyl adjacent to an activating group) is 2. The number of halogens is 1. The van der Waals surface area contributed by atoms with E-state index in [-0.39, 0.29) is 12.5 Å². The second-order valence-corrected chi connectivity index (χ2v) is 6.68. The SMILES string of the molecule is Cc1nn(C)c(Cl)c1C(=O)N(C)CC(O)CN1CCN(C)CC1. The van der Waals surface area contributed by atoms with E-state index in [1.807, 2.05) is 0 Å². The number of aromatic nitrogens is 2. The predicted molar refractivity (Wildman–Crippen MR) is 89.9 cm³/mol. The van der Waals surface area contributed by atoms with Gasteiger partial charge in [0.05, 0.1) is 17.4 Å². The summed E-state index contributed by atoms with van der Waals surface area (Å²) in [5, 5.41) is 14.8. The van der Waals surface area contributed by atoms with E-state index < -0.39 is 6.10 Å². The Labute approximate surface area is 142 Å². The maximum absolute atomic E-state index is 12.5. The summed E-state index contributed by atoms with van der Waals surface area (Å²) in [4.78, 5) is 18.5. The lowest BCUT2D eigenvalue weighted by atomic mass is 10.2. The van der Waals surface area contributed by atoms with Crippen molar-refractivity contribution in [3.63, 3.8) is 0 Å². The molecule has 2 heterocycles. The van der Waals surface area contributed by atoms with Gasteiger partial charge in [0.25, 0.3) is 5.91 Å². The van der Waals surface area contributed by atoms with Crippen LogP contribution >= 0.6 is 11.6 Å². The van der Waals surface area contributed by atoms with E-state index in [9.17, 15) is 9.90 Å². The van der Waals surface area contributed by atoms with E-state index in [2.05, 4.69) is 21.9 Å². The molecule has 8 heteroatoms. The van der Waals surface area contributed by atoms with Crippen LogP contribution in [0.25, 0.3) is 0 Å². The minimum absolute atomic E-state index is 0.210. The first-order valence-electron chi connectivity index (χ1n) is 7.83. The molecule has 1 aliphatic heterocycles. The van der Waals surface area contributed by atoms with E-state index in [0.29, 0.717) is 23.0 Å². The maximum atomic E-state index is 12.5. The molecule has 0 aliphatic carbocycles. The third-order valence-corrected chi connectivity index (χ3v) is 4.70. The zero-order valence-corrected chi connectivity index (χ0v) is 15.0. The Hall–Kier alpha value is -1.15. The number of rotatable bonds is 5. The van der Waals surface area contributed by atoms with Gasteiger partial charge in [0.15, 0.2) is 0 Å². The highest BCUT2D eigenvalue weighted by Gasteiger charge is 2.24. The van der Waals surface area contributed by atoms with Crippen LogP contribution in [0, 0.1) is 6.92 Å². The fourth-order valence-corrected chi connectivity index (χ4v) is 3.10. The molecule has 0 bridgehead atoms. The lowest BCUT2D eigenvalue weighted by molar-refractivity contribution is 0.0501. The van der Waals surface area contributed by atoms with E-state index in [1.165, 1.54) is 9.58 Å². The zero-order valence-electron chi connectivity index (χ0n) is 14.3. The summed E-state index contributed by atoms with van der Waals surface area (Å²) in [6.45, 7) is 6.50. The average molecular weight is 344 g/mol. The first kappa shape index (κ1) is 18.2. The van der Waals surface area contributed by atoms with Crippen LogP contribution in [-0.2, 0) is 7.05 Å². The van der Waals surface area contributed by atoms with Gasteiger partial charge < -0.3 is 14.9 Å². The van der Waals surface area contributed by atoms with Crippen LogP contribution in [0.4, 0.5) is 0 Å². The van der Waals surface area contributed by atoms with Gasteiger partial charge in [-0.05, 0) is 14.0 Å². The van der Waals surface area contributed by atoms with Crippen molar-refractivity contribution in [1.82, 2.24) is 24.5 Å². The molecule has 0 aromatic carbocycles. The van der Waals surface area contributed by atoms with Crippen molar-refractivity contribution in [2.45, 2.75) is 13.0 Å². The molecule has 1 N–H and O–H groups in total. The molecule has 0 spiro atoms. The lowest BCUT2D eigenvalue weighted by Gasteiger charge is -2.34. The molecule has 1 atom stereocenters. The molecule has 1 unspecified atom stereocenters. The number of nitrogens with zero attached hydrogens (tertiary/aromatic N) is 5. The first-order chi connectivity index (χ1) is 10.8. The fraction of sp³-hybridized carbons (Fsp3) is 0.733. The summed E-state index contributed by atoms with van der Waals surface area (Å²) in [6.07, 6.45) is -0.580. The molecular formula is C15H26ClN5O2. The summed E-state index contributed by atoms with van der Waals surface area (Å²) in [5.41, 5.74) is 1.01. The van der Waals surface area contributed by atoms with Gasteiger partial charge in [-0.3, -0.25) is 14.4 Å². The smallest absolute Gasteiger partial charge is 0.258 e. The van der Waals surface area contributed by atoms with Gasteiger partial charge in [0.1, 0.15) is 5.15 Å². The summed E-state index contributed by atoms with van der Waals surface area (Å²) in [6, 6.07) is 0. The molecule has 1 aliphatic rings. The van der Waals surface area contributed by atoms with Crippen molar-refractivity contribution >= 4 is 17.5 Å². The van der Waals surface area contributed by atoms with Gasteiger partial charge in [0.2, 0.25) is 0 Å². The molecule has 7 nitrogen and oxygen atoms in total. The van der Waals surface area contributed by atoms with Gasteiger partial charge in [-0.1, -0.05) is 11.6 Å². The molecule has 1 aromatic heterocycles. The molecule has 0 saturated carbocycles. The number of piperazine rings is 1. The highest BCUT2D eigenvalue weighted by molar-refractivity contribution is 6.33. The zero-order chi connectivity index (χ0) is 17.1. The number of β-amino-alcohol motifs (C(OH)–C–C–N with tert-alkyl or cyclic N) is 1. The van der Waals surface area contributed by atoms with Crippen molar-refractivity contribution in [2.75, 3.05) is 53.4 Å². The molecule has 0 radical (unpaired) electrons. The number of aliphatic hydroxyl groups excluding tert-OH is 1. The largest absolute Gasteiger partial charge is 0.390 e. The quantitative estimate of drug-likeness (QED) is 0.819. The third-order valence-electron chi connectivity index (χ3n) is 4.26. The molecular weight excluding hydrogens is 318 g/mol. The second-order valence-electron chi connectivity index (χ2n) is 6.32. The molecule has 1 saturated heterocycles. The topological polar surface area (TPSA) is 64.8 Å². The number of hydrogen-bond donors (Lipinski definition) is 1. The standard InChI is InChI=1S/C15H26ClN5O2/c1-11-13(14(16)20(4)17-11)15(23)19(3)9-12(22)10-21-7-5-18(2)6-8-21/h12,22H,5-10H2,1-4H3. The normalized spacial score (nSPS) is 18.2. The van der Waals surface area contributed by atoms with Crippen molar-refractivity contribution < 1.29 is 9.90 Å². The number of aliphatic hydroxyl groups is 1. The van der Waals surface area contributed by atoms with Crippen molar-refractivity contribution in [3.05, 3.63) is 16.4 Å². The Bertz CT molecular complexity index is 554. The molecule has 130 valence electrons. The maximum Gasteiger partial charge on any atom is 0.258 e. The molecule has 1 amide bonds. The number of hydrogen-bond acceptors (Lipinski definition) is 5. The van der Waals surface area contributed by atoms with Crippen LogP contribution in [-0.4, -0.2) is 95.0 Å². The number of aryl methyl sites for hydroxylation is 2. The third kappa shape index (κ3) is 4.44. The van der Waals surface area contributed by atoms with Crippen LogP contribution in [0.3, 0.4) is 0 Å². The van der Waals surface area contributed by atoms with Gasteiger partial charge in [-0.2, -0.15) is 5.10 Å². The van der Waals surface area contributed by atoms with E-state index >= 15 is 0 Å². The van der Waals surface area contributed by atoms with Gasteiger partial charge >= 0.3 is 0 Å². The van der Waals surface area contributed by atoms with Crippen LogP contribution in [0.15, 0.2) is 0 Å². The van der Waals surface area contributed by atoms with Gasteiger partial charge in [-0.15, -0.1) is 0 Å². The highest BCUT2D eigenvalue weighted by atomic mass is 35.5. The fourth-order valence-electron chi connectivity index (χ4n) is 2.85. The van der Waals surface area contributed by atoms with Crippen molar-refractivity contribution in [3.8, 4) is 0 Å². The second kappa shape index (κ2) is 7.61. The molecule has 1 aromatic rings.